The molecule has 0 saturated heterocycles. The average Bonchev–Trinajstić information content (AvgIpc) is 2.32. The summed E-state index contributed by atoms with van der Waals surface area (Å²) in [7, 11) is 5.48. The third-order valence-electron chi connectivity index (χ3n) is 2.93. The molecule has 90 valence electrons. The molecule has 0 unspecified atom stereocenters. The average molecular weight is 231 g/mol. The van der Waals surface area contributed by atoms with Crippen LogP contribution in [0.1, 0.15) is 22.3 Å². The van der Waals surface area contributed by atoms with E-state index in [1.165, 1.54) is 0 Å². The van der Waals surface area contributed by atoms with Crippen LogP contribution in [0.4, 0.5) is 0 Å². The Morgan fingerprint density at radius 2 is 2.06 bits per heavy atom. The highest BCUT2D eigenvalue weighted by Crippen LogP contribution is 2.28. The number of hydrogen-bond donors (Lipinski definition) is 0. The summed E-state index contributed by atoms with van der Waals surface area (Å²) in [5.41, 5.74) is 2.77. The molecule has 0 saturated carbocycles. The normalized spacial score (nSPS) is 16.9. The van der Waals surface area contributed by atoms with Crippen LogP contribution in [0, 0.1) is 0 Å². The predicted molar refractivity (Wildman–Crippen MR) is 67.4 cm³/mol. The number of hydrogen-bond acceptors (Lipinski definition) is 3. The van der Waals surface area contributed by atoms with Crippen LogP contribution < -0.4 is 4.74 Å². The second-order valence-electron chi connectivity index (χ2n) is 4.47. The summed E-state index contributed by atoms with van der Waals surface area (Å²) in [5, 5.41) is 0. The molecule has 0 radical (unpaired) electrons. The topological polar surface area (TPSA) is 29.5 Å². The Morgan fingerprint density at radius 3 is 2.71 bits per heavy atom. The van der Waals surface area contributed by atoms with Crippen LogP contribution >= 0.6 is 0 Å². The van der Waals surface area contributed by atoms with Crippen molar-refractivity contribution in [1.29, 1.82) is 0 Å². The van der Waals surface area contributed by atoms with E-state index in [0.717, 1.165) is 35.3 Å². The van der Waals surface area contributed by atoms with Crippen LogP contribution in [0.3, 0.4) is 0 Å². The molecule has 0 heterocycles. The van der Waals surface area contributed by atoms with E-state index in [9.17, 15) is 4.79 Å². The second-order valence-corrected chi connectivity index (χ2v) is 4.47. The first-order valence-corrected chi connectivity index (χ1v) is 5.70. The summed E-state index contributed by atoms with van der Waals surface area (Å²) in [4.78, 5) is 14.2. The second kappa shape index (κ2) is 4.62. The Hall–Kier alpha value is -1.77. The summed E-state index contributed by atoms with van der Waals surface area (Å²) in [5.74, 6) is 0.863. The van der Waals surface area contributed by atoms with Gasteiger partial charge in [0.25, 0.3) is 0 Å². The van der Waals surface area contributed by atoms with Gasteiger partial charge in [-0.1, -0.05) is 6.07 Å². The molecule has 1 aromatic rings. The number of allylic oxidation sites excluding steroid dienone is 1. The SMILES string of the molecule is COc1ccc2c(c1)C(=O)C(=CN(C)C)CC2. The smallest absolute Gasteiger partial charge is 0.190 e. The van der Waals surface area contributed by atoms with Crippen molar-refractivity contribution < 1.29 is 9.53 Å². The van der Waals surface area contributed by atoms with Gasteiger partial charge in [-0.25, -0.2) is 0 Å². The van der Waals surface area contributed by atoms with Crippen molar-refractivity contribution in [2.24, 2.45) is 0 Å². The number of methoxy groups -OCH3 is 1. The summed E-state index contributed by atoms with van der Waals surface area (Å²) in [6, 6.07) is 5.73. The van der Waals surface area contributed by atoms with Gasteiger partial charge in [0.15, 0.2) is 5.78 Å². The molecule has 0 amide bonds. The first-order valence-electron chi connectivity index (χ1n) is 5.70. The minimum atomic E-state index is 0.124. The molecule has 3 nitrogen and oxygen atoms in total. The van der Waals surface area contributed by atoms with Gasteiger partial charge in [0.2, 0.25) is 0 Å². The van der Waals surface area contributed by atoms with Gasteiger partial charge in [-0.3, -0.25) is 4.79 Å². The lowest BCUT2D eigenvalue weighted by Crippen LogP contribution is -2.17. The van der Waals surface area contributed by atoms with E-state index >= 15 is 0 Å². The Balaban J connectivity index is 2.40. The van der Waals surface area contributed by atoms with Gasteiger partial charge < -0.3 is 9.64 Å². The van der Waals surface area contributed by atoms with E-state index in [1.807, 2.05) is 43.4 Å². The Bertz CT molecular complexity index is 475. The third kappa shape index (κ3) is 2.33. The molecule has 0 aliphatic heterocycles. The van der Waals surface area contributed by atoms with Crippen molar-refractivity contribution in [3.05, 3.63) is 41.1 Å². The van der Waals surface area contributed by atoms with Crippen LogP contribution in [0.2, 0.25) is 0 Å². The van der Waals surface area contributed by atoms with Crippen molar-refractivity contribution in [3.63, 3.8) is 0 Å². The number of nitrogens with zero attached hydrogens (tertiary/aromatic N) is 1. The Labute approximate surface area is 102 Å². The van der Waals surface area contributed by atoms with Crippen LogP contribution in [0.5, 0.6) is 5.75 Å². The minimum absolute atomic E-state index is 0.124. The van der Waals surface area contributed by atoms with E-state index < -0.39 is 0 Å². The van der Waals surface area contributed by atoms with E-state index in [2.05, 4.69) is 0 Å². The third-order valence-corrected chi connectivity index (χ3v) is 2.93. The highest BCUT2D eigenvalue weighted by atomic mass is 16.5. The molecule has 3 heteroatoms. The Morgan fingerprint density at radius 1 is 1.29 bits per heavy atom. The zero-order chi connectivity index (χ0) is 12.4. The first kappa shape index (κ1) is 11.7. The number of fused-ring (bicyclic) bond motifs is 1. The van der Waals surface area contributed by atoms with Gasteiger partial charge in [0.05, 0.1) is 7.11 Å². The standard InChI is InChI=1S/C14H17NO2/c1-15(2)9-11-5-4-10-6-7-12(17-3)8-13(10)14(11)16/h6-9H,4-5H2,1-3H3. The molecule has 0 bridgehead atoms. The lowest BCUT2D eigenvalue weighted by molar-refractivity contribution is 0.102. The number of ketones is 1. The zero-order valence-electron chi connectivity index (χ0n) is 10.5. The lowest BCUT2D eigenvalue weighted by atomic mass is 9.87. The number of carbonyl (C=O) groups is 1. The van der Waals surface area contributed by atoms with Crippen LogP contribution in [0.25, 0.3) is 0 Å². The van der Waals surface area contributed by atoms with Crippen molar-refractivity contribution in [3.8, 4) is 5.75 Å². The molecule has 2 rings (SSSR count). The highest BCUT2D eigenvalue weighted by Gasteiger charge is 2.22. The molecule has 0 aromatic heterocycles. The maximum atomic E-state index is 12.3. The van der Waals surface area contributed by atoms with E-state index in [4.69, 9.17) is 4.74 Å². The molecule has 0 atom stereocenters. The van der Waals surface area contributed by atoms with Gasteiger partial charge in [-0.05, 0) is 30.5 Å². The summed E-state index contributed by atoms with van der Waals surface area (Å²) < 4.78 is 5.16. The van der Waals surface area contributed by atoms with Crippen LogP contribution in [-0.2, 0) is 6.42 Å². The largest absolute Gasteiger partial charge is 0.497 e. The summed E-state index contributed by atoms with van der Waals surface area (Å²) >= 11 is 0. The summed E-state index contributed by atoms with van der Waals surface area (Å²) in [6.45, 7) is 0. The van der Waals surface area contributed by atoms with Crippen LogP contribution in [-0.4, -0.2) is 31.9 Å². The zero-order valence-corrected chi connectivity index (χ0v) is 10.5. The fourth-order valence-corrected chi connectivity index (χ4v) is 2.10. The van der Waals surface area contributed by atoms with Crippen LogP contribution in [0.15, 0.2) is 30.0 Å². The molecular weight excluding hydrogens is 214 g/mol. The van der Waals surface area contributed by atoms with E-state index in [-0.39, 0.29) is 5.78 Å². The van der Waals surface area contributed by atoms with Gasteiger partial charge in [-0.2, -0.15) is 0 Å². The van der Waals surface area contributed by atoms with Crippen molar-refractivity contribution in [1.82, 2.24) is 4.90 Å². The number of aryl methyl sites for hydroxylation is 1. The minimum Gasteiger partial charge on any atom is -0.497 e. The van der Waals surface area contributed by atoms with Crippen molar-refractivity contribution >= 4 is 5.78 Å². The van der Waals surface area contributed by atoms with Gasteiger partial charge >= 0.3 is 0 Å². The fraction of sp³-hybridized carbons (Fsp3) is 0.357. The van der Waals surface area contributed by atoms with Gasteiger partial charge in [-0.15, -0.1) is 0 Å². The Kier molecular flexibility index (Phi) is 3.18. The lowest BCUT2D eigenvalue weighted by Gasteiger charge is -2.19. The molecule has 1 aliphatic carbocycles. The molecule has 0 spiro atoms. The quantitative estimate of drug-likeness (QED) is 0.731. The molecule has 17 heavy (non-hydrogen) atoms. The summed E-state index contributed by atoms with van der Waals surface area (Å²) in [6.07, 6.45) is 3.64. The molecular formula is C14H17NO2. The first-order chi connectivity index (χ1) is 8.11. The highest BCUT2D eigenvalue weighted by molar-refractivity contribution is 6.10. The van der Waals surface area contributed by atoms with Crippen molar-refractivity contribution in [2.75, 3.05) is 21.2 Å². The number of carbonyl (C=O) groups excluding carboxylic acids is 1. The fourth-order valence-electron chi connectivity index (χ4n) is 2.10. The number of Topliss-reactive ketones (excluding diaryl/α,β-unsaturated/α-hetero) is 1. The number of benzene rings is 1. The molecule has 1 aromatic carbocycles. The number of ether oxygens (including phenoxy) is 1. The molecule has 0 N–H and O–H groups in total. The monoisotopic (exact) mass is 231 g/mol. The number of rotatable bonds is 2. The maximum absolute atomic E-state index is 12.3. The van der Waals surface area contributed by atoms with Crippen molar-refractivity contribution in [2.45, 2.75) is 12.8 Å². The van der Waals surface area contributed by atoms with E-state index in [0.29, 0.717) is 0 Å². The van der Waals surface area contributed by atoms with E-state index in [1.54, 1.807) is 7.11 Å². The van der Waals surface area contributed by atoms with Gasteiger partial charge in [0, 0.05) is 31.4 Å². The van der Waals surface area contributed by atoms with Gasteiger partial charge in [0.1, 0.15) is 5.75 Å². The maximum Gasteiger partial charge on any atom is 0.190 e. The molecule has 0 fully saturated rings. The predicted octanol–water partition coefficient (Wildman–Crippen LogP) is 2.27. The molecule has 1 aliphatic rings.